The summed E-state index contributed by atoms with van der Waals surface area (Å²) < 4.78 is 0. The number of pyridine rings is 1. The lowest BCUT2D eigenvalue weighted by Crippen LogP contribution is -2.26. The van der Waals surface area contributed by atoms with Gasteiger partial charge in [0.05, 0.1) is 0 Å². The van der Waals surface area contributed by atoms with Crippen LogP contribution in [0.1, 0.15) is 31.0 Å². The first-order valence-corrected chi connectivity index (χ1v) is 13.1. The lowest BCUT2D eigenvalue weighted by Gasteiger charge is -2.22. The number of aromatic nitrogens is 1. The lowest BCUT2D eigenvalue weighted by atomic mass is 10.1. The molecule has 0 N–H and O–H groups in total. The highest BCUT2D eigenvalue weighted by atomic mass is 32.6. The van der Waals surface area contributed by atoms with E-state index in [1.165, 1.54) is 37.2 Å². The highest BCUT2D eigenvalue weighted by Gasteiger charge is 2.19. The fraction of sp³-hybridized carbons (Fsp3) is 0.583. The zero-order valence-electron chi connectivity index (χ0n) is 10.9. The molecule has 1 aromatic heterocycles. The molecule has 0 radical (unpaired) electrons. The first-order chi connectivity index (χ1) is 8.76. The Morgan fingerprint density at radius 1 is 1.56 bits per heavy atom. The maximum Gasteiger partial charge on any atom is 0.0455 e. The van der Waals surface area contributed by atoms with Crippen molar-refractivity contribution >= 4 is 38.4 Å². The second-order valence-electron chi connectivity index (χ2n) is 4.63. The molecule has 0 saturated heterocycles. The Labute approximate surface area is 118 Å². The largest absolute Gasteiger partial charge is 0.299 e. The Morgan fingerprint density at radius 3 is 3.11 bits per heavy atom. The van der Waals surface area contributed by atoms with Crippen molar-refractivity contribution in [2.45, 2.75) is 32.7 Å². The number of hydrogen-bond donors (Lipinski definition) is 0. The molecule has 0 fully saturated rings. The Morgan fingerprint density at radius 2 is 2.39 bits per heavy atom. The van der Waals surface area contributed by atoms with Gasteiger partial charge in [0, 0.05) is 18.4 Å². The Bertz CT molecular complexity index is 400. The zero-order chi connectivity index (χ0) is 13.0. The van der Waals surface area contributed by atoms with Crippen LogP contribution in [0.4, 0.5) is 0 Å². The van der Waals surface area contributed by atoms with Crippen LogP contribution >= 0.6 is 33.1 Å². The third-order valence-electron chi connectivity index (χ3n) is 3.33. The number of nitrogens with zero attached hydrogens (tertiary/aromatic N) is 2. The van der Waals surface area contributed by atoms with Crippen LogP contribution in [-0.4, -0.2) is 23.0 Å². The van der Waals surface area contributed by atoms with Crippen molar-refractivity contribution < 1.29 is 0 Å². The Balaban J connectivity index is 2.30. The van der Waals surface area contributed by atoms with Crippen LogP contribution in [0.25, 0.3) is 0 Å². The summed E-state index contributed by atoms with van der Waals surface area (Å²) in [6, 6.07) is 2.24. The van der Waals surface area contributed by atoms with Crippen LogP contribution in [0.5, 0.6) is 0 Å². The van der Waals surface area contributed by atoms with Crippen LogP contribution in [0.2, 0.25) is 0 Å². The van der Waals surface area contributed by atoms with Gasteiger partial charge in [-0.25, -0.2) is 0 Å². The fourth-order valence-electron chi connectivity index (χ4n) is 2.49. The first-order valence-electron chi connectivity index (χ1n) is 6.46. The molecule has 0 amide bonds. The molecule has 6 heteroatoms. The van der Waals surface area contributed by atoms with Gasteiger partial charge in [0.1, 0.15) is 0 Å². The molecular weight excluding hydrogens is 296 g/mol. The minimum absolute atomic E-state index is 0.0875. The molecule has 1 aliphatic heterocycles. The molecule has 0 aromatic carbocycles. The molecule has 0 bridgehead atoms. The van der Waals surface area contributed by atoms with Crippen molar-refractivity contribution in [2.75, 3.05) is 13.1 Å². The first kappa shape index (κ1) is 15.2. The topological polar surface area (TPSA) is 16.1 Å². The summed E-state index contributed by atoms with van der Waals surface area (Å²) in [6.07, 6.45) is 5.65. The van der Waals surface area contributed by atoms with Gasteiger partial charge < -0.3 is 0 Å². The van der Waals surface area contributed by atoms with E-state index < -0.39 is 0 Å². The average molecular weight is 318 g/mol. The van der Waals surface area contributed by atoms with E-state index in [0.717, 1.165) is 20.9 Å². The van der Waals surface area contributed by atoms with Crippen molar-refractivity contribution in [3.8, 4) is 0 Å². The summed E-state index contributed by atoms with van der Waals surface area (Å²) in [7, 11) is 6.78. The normalized spacial score (nSPS) is 18.8. The number of rotatable bonds is 4. The molecule has 1 aromatic rings. The molecule has 2 nitrogen and oxygen atoms in total. The second-order valence-corrected chi connectivity index (χ2v) is 13.8. The number of fused-ring (bicyclic) bond motifs is 1. The van der Waals surface area contributed by atoms with Crippen molar-refractivity contribution in [1.29, 1.82) is 0 Å². The van der Waals surface area contributed by atoms with E-state index in [0.29, 0.717) is 0 Å². The van der Waals surface area contributed by atoms with Crippen molar-refractivity contribution in [3.63, 3.8) is 0 Å². The van der Waals surface area contributed by atoms with E-state index in [1.54, 1.807) is 5.30 Å². The van der Waals surface area contributed by atoms with Crippen LogP contribution in [0.15, 0.2) is 12.3 Å². The van der Waals surface area contributed by atoms with E-state index >= 15 is 0 Å². The van der Waals surface area contributed by atoms with Crippen LogP contribution < -0.4 is 5.30 Å². The van der Waals surface area contributed by atoms with Crippen LogP contribution in [0, 0.1) is 0 Å². The predicted molar refractivity (Wildman–Crippen MR) is 92.4 cm³/mol. The number of hydrogen-bond acceptors (Lipinski definition) is 2. The van der Waals surface area contributed by atoms with Gasteiger partial charge in [-0.3, -0.25) is 9.88 Å². The molecule has 2 rings (SSSR count). The summed E-state index contributed by atoms with van der Waals surface area (Å²) in [5.41, 5.74) is 2.88. The summed E-state index contributed by atoms with van der Waals surface area (Å²) in [5.74, 6) is 0. The summed E-state index contributed by atoms with van der Waals surface area (Å²) in [5, 5.41) is 1.55. The summed E-state index contributed by atoms with van der Waals surface area (Å²) in [6.45, 7) is 5.81. The molecular formula is C12H22N2P4. The molecule has 0 saturated carbocycles. The van der Waals surface area contributed by atoms with Gasteiger partial charge in [0.2, 0.25) is 0 Å². The Kier molecular flexibility index (Phi) is 6.40. The second kappa shape index (κ2) is 7.57. The lowest BCUT2D eigenvalue weighted by molar-refractivity contribution is 0.271. The molecule has 0 spiro atoms. The zero-order valence-corrected chi connectivity index (χ0v) is 15.1. The third-order valence-corrected chi connectivity index (χ3v) is 13.5. The van der Waals surface area contributed by atoms with Crippen molar-refractivity contribution in [3.05, 3.63) is 23.5 Å². The van der Waals surface area contributed by atoms with E-state index in [2.05, 4.69) is 40.7 Å². The Hall–Kier alpha value is 0.830. The van der Waals surface area contributed by atoms with E-state index in [-0.39, 0.29) is 7.30 Å². The molecule has 4 atom stereocenters. The van der Waals surface area contributed by atoms with E-state index in [4.69, 9.17) is 0 Å². The fourth-order valence-corrected chi connectivity index (χ4v) is 6.37. The molecule has 4 unspecified atom stereocenters. The van der Waals surface area contributed by atoms with Gasteiger partial charge in [-0.2, -0.15) is 0 Å². The van der Waals surface area contributed by atoms with Crippen molar-refractivity contribution in [1.82, 2.24) is 9.88 Å². The molecule has 18 heavy (non-hydrogen) atoms. The van der Waals surface area contributed by atoms with Gasteiger partial charge in [-0.1, -0.05) is 14.9 Å². The van der Waals surface area contributed by atoms with E-state index in [9.17, 15) is 0 Å². The van der Waals surface area contributed by atoms with Gasteiger partial charge in [0.15, 0.2) is 0 Å². The van der Waals surface area contributed by atoms with Crippen LogP contribution in [-0.2, 0) is 13.0 Å². The standard InChI is InChI=1S/C12H22N2P4/c1-2-7-14-8-3-4-11-10(9-14)12(5-6-13-11)18(16)17-15/h5-6,17H,2-4,7-9,15-16H2,1H3. The average Bonchev–Trinajstić information content (AvgIpc) is 2.59. The smallest absolute Gasteiger partial charge is 0.0455 e. The van der Waals surface area contributed by atoms with Crippen molar-refractivity contribution in [2.24, 2.45) is 0 Å². The molecule has 0 aliphatic carbocycles. The minimum Gasteiger partial charge on any atom is -0.299 e. The summed E-state index contributed by atoms with van der Waals surface area (Å²) in [4.78, 5) is 7.22. The molecule has 2 heterocycles. The highest BCUT2D eigenvalue weighted by Crippen LogP contribution is 2.65. The van der Waals surface area contributed by atoms with Gasteiger partial charge >= 0.3 is 0 Å². The number of aryl methyl sites for hydroxylation is 1. The maximum absolute atomic E-state index is 4.62. The molecule has 100 valence electrons. The van der Waals surface area contributed by atoms with E-state index in [1.807, 2.05) is 6.20 Å². The van der Waals surface area contributed by atoms with Gasteiger partial charge in [0.25, 0.3) is 0 Å². The maximum atomic E-state index is 4.62. The quantitative estimate of drug-likeness (QED) is 0.790. The summed E-state index contributed by atoms with van der Waals surface area (Å²) >= 11 is 0. The minimum atomic E-state index is -0.0875. The predicted octanol–water partition coefficient (Wildman–Crippen LogP) is 3.52. The SMILES string of the molecule is CCCN1CCCc2nccc(P(P)PP)c2C1. The third kappa shape index (κ3) is 3.69. The van der Waals surface area contributed by atoms with Gasteiger partial charge in [-0.05, 0) is 56.6 Å². The highest BCUT2D eigenvalue weighted by molar-refractivity contribution is 8.63. The monoisotopic (exact) mass is 318 g/mol. The van der Waals surface area contributed by atoms with Crippen LogP contribution in [0.3, 0.4) is 0 Å². The van der Waals surface area contributed by atoms with Gasteiger partial charge in [-0.15, -0.1) is 17.9 Å². The molecule has 1 aliphatic rings.